The Morgan fingerprint density at radius 2 is 2.28 bits per heavy atom. The first-order valence-electron chi connectivity index (χ1n) is 5.03. The van der Waals surface area contributed by atoms with Gasteiger partial charge in [-0.05, 0) is 34.1 Å². The molecule has 0 bridgehead atoms. The van der Waals surface area contributed by atoms with Crippen LogP contribution in [0.2, 0.25) is 5.02 Å². The van der Waals surface area contributed by atoms with Gasteiger partial charge < -0.3 is 11.1 Å². The highest BCUT2D eigenvalue weighted by Gasteiger charge is 2.14. The van der Waals surface area contributed by atoms with Crippen molar-refractivity contribution in [2.75, 3.05) is 11.1 Å². The summed E-state index contributed by atoms with van der Waals surface area (Å²) in [5, 5.41) is 7.16. The normalized spacial score (nSPS) is 10.4. The minimum Gasteiger partial charge on any atom is -0.383 e. The number of benzene rings is 1. The maximum atomic E-state index is 12.0. The van der Waals surface area contributed by atoms with Gasteiger partial charge in [-0.15, -0.1) is 0 Å². The second-order valence-electron chi connectivity index (χ2n) is 3.65. The predicted molar refractivity (Wildman–Crippen MR) is 74.7 cm³/mol. The molecule has 3 N–H and O–H groups in total. The average molecular weight is 330 g/mol. The maximum Gasteiger partial charge on any atom is 0.261 e. The Hall–Kier alpha value is -1.53. The van der Waals surface area contributed by atoms with E-state index >= 15 is 0 Å². The molecule has 1 heterocycles. The van der Waals surface area contributed by atoms with Gasteiger partial charge in [-0.25, -0.2) is 0 Å². The molecular weight excluding hydrogens is 320 g/mol. The Bertz CT molecular complexity index is 611. The summed E-state index contributed by atoms with van der Waals surface area (Å²) in [6, 6.07) is 5.13. The predicted octanol–water partition coefficient (Wildman–Crippen LogP) is 2.67. The van der Waals surface area contributed by atoms with Crippen LogP contribution in [0.4, 0.5) is 11.5 Å². The van der Waals surface area contributed by atoms with Crippen LogP contribution in [0.3, 0.4) is 0 Å². The van der Waals surface area contributed by atoms with Crippen molar-refractivity contribution in [3.8, 4) is 0 Å². The van der Waals surface area contributed by atoms with Gasteiger partial charge in [-0.1, -0.05) is 11.6 Å². The zero-order chi connectivity index (χ0) is 13.3. The van der Waals surface area contributed by atoms with Crippen molar-refractivity contribution in [2.45, 2.75) is 0 Å². The highest BCUT2D eigenvalue weighted by atomic mass is 79.9. The van der Waals surface area contributed by atoms with Crippen LogP contribution in [-0.2, 0) is 7.05 Å². The summed E-state index contributed by atoms with van der Waals surface area (Å²) >= 11 is 9.20. The van der Waals surface area contributed by atoms with Gasteiger partial charge in [-0.3, -0.25) is 9.48 Å². The fourth-order valence-corrected chi connectivity index (χ4v) is 1.92. The fourth-order valence-electron chi connectivity index (χ4n) is 1.40. The van der Waals surface area contributed by atoms with Crippen LogP contribution in [-0.4, -0.2) is 15.7 Å². The standard InChI is InChI=1S/C11H10BrClN4O/c1-17-10(14)7(5-15-17)11(18)16-9-4-6(13)2-3-8(9)12/h2-5H,14H2,1H3,(H,16,18). The number of rotatable bonds is 2. The van der Waals surface area contributed by atoms with Gasteiger partial charge in [-0.2, -0.15) is 5.10 Å². The number of amides is 1. The van der Waals surface area contributed by atoms with Crippen molar-refractivity contribution in [2.24, 2.45) is 7.05 Å². The number of nitrogens with two attached hydrogens (primary N) is 1. The summed E-state index contributed by atoms with van der Waals surface area (Å²) in [5.74, 6) is -0.0192. The second-order valence-corrected chi connectivity index (χ2v) is 4.94. The number of halogens is 2. The van der Waals surface area contributed by atoms with Gasteiger partial charge >= 0.3 is 0 Å². The first-order valence-corrected chi connectivity index (χ1v) is 6.20. The van der Waals surface area contributed by atoms with E-state index in [4.69, 9.17) is 17.3 Å². The molecule has 94 valence electrons. The third-order valence-corrected chi connectivity index (χ3v) is 3.33. The second kappa shape index (κ2) is 4.99. The molecule has 0 radical (unpaired) electrons. The number of aromatic nitrogens is 2. The van der Waals surface area contributed by atoms with Crippen LogP contribution >= 0.6 is 27.5 Å². The summed E-state index contributed by atoms with van der Waals surface area (Å²) in [6.07, 6.45) is 1.42. The smallest absolute Gasteiger partial charge is 0.261 e. The summed E-state index contributed by atoms with van der Waals surface area (Å²) in [5.41, 5.74) is 6.63. The van der Waals surface area contributed by atoms with E-state index in [2.05, 4.69) is 26.3 Å². The molecule has 18 heavy (non-hydrogen) atoms. The SMILES string of the molecule is Cn1ncc(C(=O)Nc2cc(Cl)ccc2Br)c1N. The van der Waals surface area contributed by atoms with E-state index in [9.17, 15) is 4.79 Å². The molecule has 1 aromatic heterocycles. The molecule has 0 saturated heterocycles. The van der Waals surface area contributed by atoms with E-state index in [0.29, 0.717) is 22.1 Å². The monoisotopic (exact) mass is 328 g/mol. The number of hydrogen-bond acceptors (Lipinski definition) is 3. The number of aryl methyl sites for hydroxylation is 1. The number of carbonyl (C=O) groups excluding carboxylic acids is 1. The highest BCUT2D eigenvalue weighted by molar-refractivity contribution is 9.10. The molecule has 2 aromatic rings. The largest absolute Gasteiger partial charge is 0.383 e. The Kier molecular flexibility index (Phi) is 3.58. The lowest BCUT2D eigenvalue weighted by atomic mass is 10.2. The minimum atomic E-state index is -0.330. The lowest BCUT2D eigenvalue weighted by Gasteiger charge is -2.07. The van der Waals surface area contributed by atoms with Crippen LogP contribution in [0.5, 0.6) is 0 Å². The molecule has 1 amide bonds. The first kappa shape index (κ1) is 12.9. The zero-order valence-electron chi connectivity index (χ0n) is 9.45. The number of nitrogens with one attached hydrogen (secondary N) is 1. The summed E-state index contributed by atoms with van der Waals surface area (Å²) in [6.45, 7) is 0. The quantitative estimate of drug-likeness (QED) is 0.889. The van der Waals surface area contributed by atoms with Crippen LogP contribution in [0, 0.1) is 0 Å². The number of carbonyl (C=O) groups is 1. The lowest BCUT2D eigenvalue weighted by molar-refractivity contribution is 0.102. The van der Waals surface area contributed by atoms with Crippen LogP contribution in [0.15, 0.2) is 28.9 Å². The molecule has 0 unspecified atom stereocenters. The maximum absolute atomic E-state index is 12.0. The topological polar surface area (TPSA) is 72.9 Å². The van der Waals surface area contributed by atoms with E-state index in [1.165, 1.54) is 10.9 Å². The molecule has 0 aliphatic rings. The number of anilines is 2. The molecule has 7 heteroatoms. The van der Waals surface area contributed by atoms with Gasteiger partial charge in [0.15, 0.2) is 0 Å². The molecule has 0 fully saturated rings. The molecule has 0 atom stereocenters. The van der Waals surface area contributed by atoms with Crippen LogP contribution < -0.4 is 11.1 Å². The third-order valence-electron chi connectivity index (χ3n) is 2.41. The zero-order valence-corrected chi connectivity index (χ0v) is 11.8. The van der Waals surface area contributed by atoms with E-state index in [1.54, 1.807) is 25.2 Å². The third kappa shape index (κ3) is 2.49. The van der Waals surface area contributed by atoms with Gasteiger partial charge in [0.1, 0.15) is 11.4 Å². The van der Waals surface area contributed by atoms with E-state index in [1.807, 2.05) is 0 Å². The van der Waals surface area contributed by atoms with Crippen molar-refractivity contribution < 1.29 is 4.79 Å². The Labute approximate surface area is 117 Å². The van der Waals surface area contributed by atoms with Gasteiger partial charge in [0.25, 0.3) is 5.91 Å². The van der Waals surface area contributed by atoms with E-state index in [0.717, 1.165) is 4.47 Å². The molecule has 5 nitrogen and oxygen atoms in total. The first-order chi connectivity index (χ1) is 8.49. The molecule has 0 spiro atoms. The van der Waals surface area contributed by atoms with Crippen LogP contribution in [0.1, 0.15) is 10.4 Å². The highest BCUT2D eigenvalue weighted by Crippen LogP contribution is 2.26. The summed E-state index contributed by atoms with van der Waals surface area (Å²) < 4.78 is 2.17. The van der Waals surface area contributed by atoms with Crippen molar-refractivity contribution in [3.05, 3.63) is 39.5 Å². The minimum absolute atomic E-state index is 0.311. The molecule has 0 aliphatic carbocycles. The summed E-state index contributed by atoms with van der Waals surface area (Å²) in [7, 11) is 1.67. The van der Waals surface area contributed by atoms with Gasteiger partial charge in [0, 0.05) is 16.5 Å². The van der Waals surface area contributed by atoms with Crippen molar-refractivity contribution in [1.29, 1.82) is 0 Å². The van der Waals surface area contributed by atoms with Crippen molar-refractivity contribution >= 4 is 44.9 Å². The number of nitrogen functional groups attached to an aromatic ring is 1. The lowest BCUT2D eigenvalue weighted by Crippen LogP contribution is -2.14. The molecule has 2 rings (SSSR count). The molecule has 1 aromatic carbocycles. The van der Waals surface area contributed by atoms with E-state index in [-0.39, 0.29) is 5.91 Å². The van der Waals surface area contributed by atoms with E-state index < -0.39 is 0 Å². The molecule has 0 saturated carbocycles. The van der Waals surface area contributed by atoms with Gasteiger partial charge in [0.05, 0.1) is 11.9 Å². The Balaban J connectivity index is 2.27. The van der Waals surface area contributed by atoms with Crippen molar-refractivity contribution in [1.82, 2.24) is 9.78 Å². The average Bonchev–Trinajstić information content (AvgIpc) is 2.65. The Morgan fingerprint density at radius 1 is 1.56 bits per heavy atom. The Morgan fingerprint density at radius 3 is 2.89 bits per heavy atom. The fraction of sp³-hybridized carbons (Fsp3) is 0.0909. The summed E-state index contributed by atoms with van der Waals surface area (Å²) in [4.78, 5) is 12.0. The van der Waals surface area contributed by atoms with Gasteiger partial charge in [0.2, 0.25) is 0 Å². The molecular formula is C11H10BrClN4O. The molecule has 0 aliphatic heterocycles. The van der Waals surface area contributed by atoms with Crippen LogP contribution in [0.25, 0.3) is 0 Å². The van der Waals surface area contributed by atoms with Crippen molar-refractivity contribution in [3.63, 3.8) is 0 Å². The number of nitrogens with zero attached hydrogens (tertiary/aromatic N) is 2. The number of hydrogen-bond donors (Lipinski definition) is 2.